The highest BCUT2D eigenvalue weighted by Crippen LogP contribution is 2.30. The minimum Gasteiger partial charge on any atom is -0.462 e. The van der Waals surface area contributed by atoms with Crippen LogP contribution in [0.4, 0.5) is 10.9 Å². The van der Waals surface area contributed by atoms with E-state index in [-0.39, 0.29) is 0 Å². The van der Waals surface area contributed by atoms with Gasteiger partial charge in [-0.2, -0.15) is 0 Å². The first kappa shape index (κ1) is 15.6. The van der Waals surface area contributed by atoms with Crippen LogP contribution < -0.4 is 5.32 Å². The Morgan fingerprint density at radius 3 is 2.96 bits per heavy atom. The third kappa shape index (κ3) is 3.54. The van der Waals surface area contributed by atoms with E-state index in [4.69, 9.17) is 4.74 Å². The van der Waals surface area contributed by atoms with Crippen LogP contribution in [0.25, 0.3) is 10.6 Å². The molecule has 0 radical (unpaired) electrons. The number of rotatable bonds is 5. The molecule has 0 unspecified atom stereocenters. The Bertz CT molecular complexity index is 815. The molecule has 0 aliphatic carbocycles. The summed E-state index contributed by atoms with van der Waals surface area (Å²) in [4.78, 5) is 26.0. The average molecular weight is 346 g/mol. The van der Waals surface area contributed by atoms with Gasteiger partial charge in [0.2, 0.25) is 0 Å². The van der Waals surface area contributed by atoms with E-state index in [1.165, 1.54) is 17.5 Å². The molecule has 0 aliphatic rings. The zero-order chi connectivity index (χ0) is 16.2. The predicted octanol–water partition coefficient (Wildman–Crippen LogP) is 3.89. The molecule has 8 heteroatoms. The predicted molar refractivity (Wildman–Crippen MR) is 91.4 cm³/mol. The lowest BCUT2D eigenvalue weighted by molar-refractivity contribution is 0.0526. The van der Waals surface area contributed by atoms with Crippen LogP contribution in [-0.4, -0.2) is 27.5 Å². The Kier molecular flexibility index (Phi) is 4.63. The van der Waals surface area contributed by atoms with E-state index in [0.717, 1.165) is 10.6 Å². The van der Waals surface area contributed by atoms with Crippen molar-refractivity contribution in [3.63, 3.8) is 0 Å². The fraction of sp³-hybridized carbons (Fsp3) is 0.200. The van der Waals surface area contributed by atoms with Gasteiger partial charge in [0.1, 0.15) is 11.4 Å². The minimum atomic E-state index is -0.454. The van der Waals surface area contributed by atoms with Crippen LogP contribution in [0.1, 0.15) is 23.1 Å². The smallest absolute Gasteiger partial charge is 0.343 e. The van der Waals surface area contributed by atoms with Gasteiger partial charge in [-0.25, -0.2) is 19.7 Å². The summed E-state index contributed by atoms with van der Waals surface area (Å²) < 4.78 is 5.04. The molecule has 0 bridgehead atoms. The monoisotopic (exact) mass is 346 g/mol. The van der Waals surface area contributed by atoms with E-state index in [1.54, 1.807) is 25.2 Å². The molecule has 3 aromatic heterocycles. The number of carbonyl (C=O) groups is 1. The van der Waals surface area contributed by atoms with Crippen molar-refractivity contribution in [3.05, 3.63) is 40.5 Å². The Morgan fingerprint density at radius 2 is 2.22 bits per heavy atom. The van der Waals surface area contributed by atoms with E-state index >= 15 is 0 Å². The van der Waals surface area contributed by atoms with Crippen molar-refractivity contribution in [2.45, 2.75) is 13.8 Å². The molecular formula is C15H14N4O2S2. The number of esters is 1. The second-order valence-corrected chi connectivity index (χ2v) is 6.35. The number of carbonyl (C=O) groups excluding carboxylic acids is 1. The van der Waals surface area contributed by atoms with Crippen LogP contribution in [0.15, 0.2) is 29.1 Å². The molecule has 0 fully saturated rings. The van der Waals surface area contributed by atoms with E-state index in [0.29, 0.717) is 28.9 Å². The topological polar surface area (TPSA) is 77.0 Å². The maximum absolute atomic E-state index is 12.0. The third-order valence-corrected chi connectivity index (χ3v) is 4.56. The molecule has 6 nitrogen and oxygen atoms in total. The number of anilines is 2. The van der Waals surface area contributed by atoms with Crippen LogP contribution in [0.5, 0.6) is 0 Å². The number of hydrogen-bond acceptors (Lipinski definition) is 8. The van der Waals surface area contributed by atoms with Crippen molar-refractivity contribution in [2.75, 3.05) is 11.9 Å². The highest BCUT2D eigenvalue weighted by Gasteiger charge is 2.16. The summed E-state index contributed by atoms with van der Waals surface area (Å²) in [5, 5.41) is 7.73. The number of aryl methyl sites for hydroxylation is 1. The van der Waals surface area contributed by atoms with Crippen LogP contribution >= 0.6 is 22.7 Å². The van der Waals surface area contributed by atoms with Crippen molar-refractivity contribution in [2.24, 2.45) is 0 Å². The summed E-state index contributed by atoms with van der Waals surface area (Å²) >= 11 is 3.08. The van der Waals surface area contributed by atoms with Crippen LogP contribution in [0.3, 0.4) is 0 Å². The number of nitrogens with zero attached hydrogens (tertiary/aromatic N) is 3. The zero-order valence-corrected chi connectivity index (χ0v) is 14.2. The van der Waals surface area contributed by atoms with E-state index in [1.807, 2.05) is 22.9 Å². The normalized spacial score (nSPS) is 10.5. The number of ether oxygens (including phenoxy) is 1. The van der Waals surface area contributed by atoms with E-state index in [2.05, 4.69) is 20.3 Å². The quantitative estimate of drug-likeness (QED) is 0.706. The maximum Gasteiger partial charge on any atom is 0.343 e. The Balaban J connectivity index is 1.87. The fourth-order valence-electron chi connectivity index (χ4n) is 1.89. The SMILES string of the molecule is CCOC(=O)c1cnc(C)nc1Nc1nc(-c2cccs2)cs1. The second-order valence-electron chi connectivity index (χ2n) is 4.54. The fourth-order valence-corrected chi connectivity index (χ4v) is 3.36. The molecule has 3 aromatic rings. The molecule has 0 amide bonds. The molecule has 0 spiro atoms. The molecule has 23 heavy (non-hydrogen) atoms. The number of hydrogen-bond donors (Lipinski definition) is 1. The molecule has 0 atom stereocenters. The van der Waals surface area contributed by atoms with Gasteiger partial charge in [0, 0.05) is 11.6 Å². The van der Waals surface area contributed by atoms with Gasteiger partial charge in [-0.1, -0.05) is 6.07 Å². The Morgan fingerprint density at radius 1 is 1.35 bits per heavy atom. The van der Waals surface area contributed by atoms with Crippen molar-refractivity contribution in [3.8, 4) is 10.6 Å². The largest absolute Gasteiger partial charge is 0.462 e. The van der Waals surface area contributed by atoms with Gasteiger partial charge in [0.25, 0.3) is 0 Å². The summed E-state index contributed by atoms with van der Waals surface area (Å²) in [6.07, 6.45) is 1.47. The summed E-state index contributed by atoms with van der Waals surface area (Å²) in [5.74, 6) is 0.517. The maximum atomic E-state index is 12.0. The summed E-state index contributed by atoms with van der Waals surface area (Å²) in [6, 6.07) is 4.00. The van der Waals surface area contributed by atoms with Crippen LogP contribution in [0, 0.1) is 6.92 Å². The molecular weight excluding hydrogens is 332 g/mol. The van der Waals surface area contributed by atoms with Crippen molar-refractivity contribution in [1.82, 2.24) is 15.0 Å². The van der Waals surface area contributed by atoms with Crippen molar-refractivity contribution < 1.29 is 9.53 Å². The highest BCUT2D eigenvalue weighted by atomic mass is 32.1. The summed E-state index contributed by atoms with van der Waals surface area (Å²) in [5.41, 5.74) is 1.20. The first-order chi connectivity index (χ1) is 11.2. The third-order valence-electron chi connectivity index (χ3n) is 2.91. The lowest BCUT2D eigenvalue weighted by Crippen LogP contribution is -2.11. The number of thiophene rings is 1. The van der Waals surface area contributed by atoms with Gasteiger partial charge in [0.15, 0.2) is 10.9 Å². The Hall–Kier alpha value is -2.32. The van der Waals surface area contributed by atoms with Gasteiger partial charge in [0.05, 0.1) is 17.2 Å². The molecule has 0 saturated heterocycles. The first-order valence-corrected chi connectivity index (χ1v) is 8.70. The highest BCUT2D eigenvalue weighted by molar-refractivity contribution is 7.16. The molecule has 1 N–H and O–H groups in total. The zero-order valence-electron chi connectivity index (χ0n) is 12.6. The molecule has 0 aromatic carbocycles. The number of nitrogens with one attached hydrogen (secondary N) is 1. The van der Waals surface area contributed by atoms with Gasteiger partial charge in [-0.05, 0) is 25.3 Å². The minimum absolute atomic E-state index is 0.297. The molecule has 118 valence electrons. The standard InChI is InChI=1S/C15H14N4O2S2/c1-3-21-14(20)10-7-16-9(2)17-13(10)19-15-18-11(8-23-15)12-5-4-6-22-12/h4-8H,3H2,1-2H3,(H,16,17,18,19). The number of aromatic nitrogens is 3. The van der Waals surface area contributed by atoms with Gasteiger partial charge in [-0.3, -0.25) is 0 Å². The second kappa shape index (κ2) is 6.84. The van der Waals surface area contributed by atoms with Crippen molar-refractivity contribution >= 4 is 39.6 Å². The average Bonchev–Trinajstić information content (AvgIpc) is 3.18. The number of thiazole rings is 1. The summed E-state index contributed by atoms with van der Waals surface area (Å²) in [6.45, 7) is 3.82. The summed E-state index contributed by atoms with van der Waals surface area (Å²) in [7, 11) is 0. The van der Waals surface area contributed by atoms with E-state index in [9.17, 15) is 4.79 Å². The molecule has 3 heterocycles. The van der Waals surface area contributed by atoms with Gasteiger partial charge in [-0.15, -0.1) is 22.7 Å². The van der Waals surface area contributed by atoms with Gasteiger partial charge < -0.3 is 10.1 Å². The van der Waals surface area contributed by atoms with Crippen LogP contribution in [-0.2, 0) is 4.74 Å². The lowest BCUT2D eigenvalue weighted by atomic mass is 10.3. The molecule has 0 aliphatic heterocycles. The van der Waals surface area contributed by atoms with E-state index < -0.39 is 5.97 Å². The van der Waals surface area contributed by atoms with Gasteiger partial charge >= 0.3 is 5.97 Å². The molecule has 3 rings (SSSR count). The molecule has 0 saturated carbocycles. The Labute approximate surface area is 141 Å². The van der Waals surface area contributed by atoms with Crippen LogP contribution in [0.2, 0.25) is 0 Å². The first-order valence-electron chi connectivity index (χ1n) is 6.94. The lowest BCUT2D eigenvalue weighted by Gasteiger charge is -2.08. The van der Waals surface area contributed by atoms with Crippen molar-refractivity contribution in [1.29, 1.82) is 0 Å².